The van der Waals surface area contributed by atoms with Crippen molar-refractivity contribution >= 4 is 23.3 Å². The summed E-state index contributed by atoms with van der Waals surface area (Å²) in [6, 6.07) is 2.42. The quantitative estimate of drug-likeness (QED) is 0.750. The lowest BCUT2D eigenvalue weighted by Crippen LogP contribution is -2.42. The second-order valence-electron chi connectivity index (χ2n) is 8.71. The molecule has 170 valence electrons. The number of benzene rings is 1. The average Bonchev–Trinajstić information content (AvgIpc) is 3.01. The predicted octanol–water partition coefficient (Wildman–Crippen LogP) is 2.44. The Bertz CT molecular complexity index is 1100. The molecular formula is C22H25F2N5O3. The SMILES string of the molecule is CN(C)C(=O)C1=Nc2c(F)cc(-c3nc(N[C@@H]4CCOC[C@H]4O)ncc3F)cc2C1(C)C. The van der Waals surface area contributed by atoms with Crippen LogP contribution in [0.15, 0.2) is 23.3 Å². The molecule has 2 N–H and O–H groups in total. The fourth-order valence-electron chi connectivity index (χ4n) is 3.93. The van der Waals surface area contributed by atoms with E-state index in [0.717, 1.165) is 12.3 Å². The molecule has 0 saturated carbocycles. The van der Waals surface area contributed by atoms with Crippen LogP contribution in [0.25, 0.3) is 11.3 Å². The summed E-state index contributed by atoms with van der Waals surface area (Å²) in [7, 11) is 3.21. The van der Waals surface area contributed by atoms with Gasteiger partial charge in [-0.2, -0.15) is 0 Å². The van der Waals surface area contributed by atoms with Gasteiger partial charge in [0.25, 0.3) is 5.91 Å². The zero-order valence-corrected chi connectivity index (χ0v) is 18.3. The first-order chi connectivity index (χ1) is 15.1. The van der Waals surface area contributed by atoms with Crippen LogP contribution in [-0.2, 0) is 14.9 Å². The van der Waals surface area contributed by atoms with Gasteiger partial charge in [-0.05, 0) is 38.0 Å². The van der Waals surface area contributed by atoms with Gasteiger partial charge >= 0.3 is 0 Å². The van der Waals surface area contributed by atoms with Crippen molar-refractivity contribution in [3.63, 3.8) is 0 Å². The van der Waals surface area contributed by atoms with Gasteiger partial charge in [0.15, 0.2) is 5.82 Å². The van der Waals surface area contributed by atoms with Gasteiger partial charge in [-0.15, -0.1) is 0 Å². The van der Waals surface area contributed by atoms with Crippen molar-refractivity contribution in [2.75, 3.05) is 32.6 Å². The normalized spacial score (nSPS) is 21.7. The number of anilines is 1. The van der Waals surface area contributed by atoms with Crippen molar-refractivity contribution in [1.29, 1.82) is 0 Å². The van der Waals surface area contributed by atoms with Crippen LogP contribution < -0.4 is 5.32 Å². The molecular weight excluding hydrogens is 420 g/mol. The average molecular weight is 445 g/mol. The summed E-state index contributed by atoms with van der Waals surface area (Å²) in [4.78, 5) is 26.4. The van der Waals surface area contributed by atoms with E-state index in [0.29, 0.717) is 18.6 Å². The van der Waals surface area contributed by atoms with Gasteiger partial charge in [0.05, 0.1) is 24.9 Å². The second-order valence-corrected chi connectivity index (χ2v) is 8.71. The highest BCUT2D eigenvalue weighted by atomic mass is 19.1. The van der Waals surface area contributed by atoms with Gasteiger partial charge in [0, 0.05) is 31.7 Å². The number of carbonyl (C=O) groups is 1. The minimum absolute atomic E-state index is 0.0714. The minimum Gasteiger partial charge on any atom is -0.389 e. The summed E-state index contributed by atoms with van der Waals surface area (Å²) in [6.45, 7) is 4.21. The van der Waals surface area contributed by atoms with Gasteiger partial charge in [-0.3, -0.25) is 4.79 Å². The van der Waals surface area contributed by atoms with Crippen LogP contribution in [0.4, 0.5) is 20.4 Å². The number of hydrogen-bond acceptors (Lipinski definition) is 7. The Kier molecular flexibility index (Phi) is 5.68. The number of carbonyl (C=O) groups excluding carboxylic acids is 1. The molecule has 1 amide bonds. The highest BCUT2D eigenvalue weighted by Gasteiger charge is 2.41. The maximum atomic E-state index is 15.0. The third-order valence-electron chi connectivity index (χ3n) is 5.82. The first-order valence-corrected chi connectivity index (χ1v) is 10.3. The van der Waals surface area contributed by atoms with E-state index < -0.39 is 23.2 Å². The van der Waals surface area contributed by atoms with Crippen LogP contribution in [-0.4, -0.2) is 71.0 Å². The topological polar surface area (TPSA) is 99.9 Å². The molecule has 10 heteroatoms. The number of nitrogens with one attached hydrogen (secondary N) is 1. The lowest BCUT2D eigenvalue weighted by molar-refractivity contribution is -0.122. The number of ether oxygens (including phenoxy) is 1. The van der Waals surface area contributed by atoms with Crippen LogP contribution in [0, 0.1) is 11.6 Å². The van der Waals surface area contributed by atoms with E-state index in [9.17, 15) is 14.3 Å². The Balaban J connectivity index is 1.71. The Hall–Kier alpha value is -2.98. The number of aliphatic hydroxyl groups excluding tert-OH is 1. The summed E-state index contributed by atoms with van der Waals surface area (Å²) in [5, 5.41) is 13.1. The molecule has 2 atom stereocenters. The maximum Gasteiger partial charge on any atom is 0.268 e. The fraction of sp³-hybridized carbons (Fsp3) is 0.455. The standard InChI is InChI=1S/C22H25F2N5O3/c1-22(2)12-7-11(8-13(23)18(12)27-19(22)20(31)29(3)4)17-14(24)9-25-21(28-17)26-15-5-6-32-10-16(15)30/h7-9,15-16,30H,5-6,10H2,1-4H3,(H,25,26,28)/t15-,16-/m1/s1. The molecule has 2 aromatic rings. The molecule has 0 bridgehead atoms. The number of rotatable bonds is 4. The number of amides is 1. The summed E-state index contributed by atoms with van der Waals surface area (Å²) in [5.41, 5.74) is 0.0110. The summed E-state index contributed by atoms with van der Waals surface area (Å²) < 4.78 is 34.9. The molecule has 2 aliphatic heterocycles. The third-order valence-corrected chi connectivity index (χ3v) is 5.82. The molecule has 1 aromatic carbocycles. The monoisotopic (exact) mass is 445 g/mol. The number of nitrogens with zero attached hydrogens (tertiary/aromatic N) is 4. The van der Waals surface area contributed by atoms with Crippen molar-refractivity contribution in [3.05, 3.63) is 35.5 Å². The van der Waals surface area contributed by atoms with Crippen molar-refractivity contribution in [2.45, 2.75) is 37.8 Å². The molecule has 32 heavy (non-hydrogen) atoms. The number of halogens is 2. The Morgan fingerprint density at radius 1 is 1.28 bits per heavy atom. The molecule has 0 aliphatic carbocycles. The molecule has 1 saturated heterocycles. The largest absolute Gasteiger partial charge is 0.389 e. The van der Waals surface area contributed by atoms with E-state index in [1.807, 2.05) is 0 Å². The maximum absolute atomic E-state index is 15.0. The third kappa shape index (κ3) is 3.84. The number of aliphatic hydroxyl groups is 1. The molecule has 0 unspecified atom stereocenters. The highest BCUT2D eigenvalue weighted by Crippen LogP contribution is 2.44. The Morgan fingerprint density at radius 2 is 2.03 bits per heavy atom. The van der Waals surface area contributed by atoms with Crippen LogP contribution in [0.1, 0.15) is 25.8 Å². The zero-order valence-electron chi connectivity index (χ0n) is 18.3. The lowest BCUT2D eigenvalue weighted by atomic mass is 9.80. The Labute approximate surface area is 184 Å². The molecule has 8 nitrogen and oxygen atoms in total. The van der Waals surface area contributed by atoms with Crippen LogP contribution in [0.5, 0.6) is 0 Å². The number of hydrogen-bond donors (Lipinski definition) is 2. The molecule has 1 aromatic heterocycles. The van der Waals surface area contributed by atoms with Crippen molar-refractivity contribution in [3.8, 4) is 11.3 Å². The van der Waals surface area contributed by atoms with Crippen molar-refractivity contribution in [2.24, 2.45) is 4.99 Å². The number of aromatic nitrogens is 2. The number of aliphatic imine (C=N–C) groups is 1. The zero-order chi connectivity index (χ0) is 23.2. The smallest absolute Gasteiger partial charge is 0.268 e. The van der Waals surface area contributed by atoms with Crippen LogP contribution in [0.3, 0.4) is 0 Å². The van der Waals surface area contributed by atoms with Crippen molar-refractivity contribution in [1.82, 2.24) is 14.9 Å². The molecule has 4 rings (SSSR count). The van der Waals surface area contributed by atoms with Gasteiger partial charge in [-0.25, -0.2) is 23.7 Å². The van der Waals surface area contributed by atoms with Gasteiger partial charge in [0.2, 0.25) is 5.95 Å². The second kappa shape index (κ2) is 8.18. The van der Waals surface area contributed by atoms with Gasteiger partial charge < -0.3 is 20.1 Å². The lowest BCUT2D eigenvalue weighted by Gasteiger charge is -2.28. The minimum atomic E-state index is -0.871. The van der Waals surface area contributed by atoms with E-state index in [4.69, 9.17) is 4.74 Å². The molecule has 0 radical (unpaired) electrons. The van der Waals surface area contributed by atoms with Crippen LogP contribution in [0.2, 0.25) is 0 Å². The fourth-order valence-corrected chi connectivity index (χ4v) is 3.93. The van der Waals surface area contributed by atoms with Crippen LogP contribution >= 0.6 is 0 Å². The van der Waals surface area contributed by atoms with E-state index >= 15 is 4.39 Å². The first kappa shape index (κ1) is 22.2. The molecule has 2 aliphatic rings. The molecule has 0 spiro atoms. The summed E-state index contributed by atoms with van der Waals surface area (Å²) >= 11 is 0. The highest BCUT2D eigenvalue weighted by molar-refractivity contribution is 6.43. The van der Waals surface area contributed by atoms with Gasteiger partial charge in [-0.1, -0.05) is 0 Å². The molecule has 3 heterocycles. The van der Waals surface area contributed by atoms with E-state index in [-0.39, 0.29) is 47.2 Å². The van der Waals surface area contributed by atoms with E-state index in [1.165, 1.54) is 4.90 Å². The Morgan fingerprint density at radius 3 is 2.72 bits per heavy atom. The van der Waals surface area contributed by atoms with Gasteiger partial charge in [0.1, 0.15) is 22.9 Å². The van der Waals surface area contributed by atoms with E-state index in [1.54, 1.807) is 34.0 Å². The summed E-state index contributed by atoms with van der Waals surface area (Å²) in [5.74, 6) is -1.59. The summed E-state index contributed by atoms with van der Waals surface area (Å²) in [6.07, 6.45) is 0.798. The first-order valence-electron chi connectivity index (χ1n) is 10.3. The molecule has 1 fully saturated rings. The van der Waals surface area contributed by atoms with Crippen molar-refractivity contribution < 1.29 is 23.4 Å². The number of fused-ring (bicyclic) bond motifs is 1. The predicted molar refractivity (Wildman–Crippen MR) is 115 cm³/mol. The van der Waals surface area contributed by atoms with E-state index in [2.05, 4.69) is 20.3 Å².